The summed E-state index contributed by atoms with van der Waals surface area (Å²) in [5.74, 6) is 5.83. The van der Waals surface area contributed by atoms with E-state index in [2.05, 4.69) is 11.8 Å². The fourth-order valence-electron chi connectivity index (χ4n) is 3.12. The minimum atomic E-state index is -0.924. The number of imide groups is 1. The fourth-order valence-corrected chi connectivity index (χ4v) is 3.25. The molecule has 5 heteroatoms. The minimum Gasteiger partial charge on any atom is -0.443 e. The number of carbonyl (C=O) groups excluding carboxylic acids is 2. The van der Waals surface area contributed by atoms with Gasteiger partial charge in [-0.1, -0.05) is 41.6 Å². The van der Waals surface area contributed by atoms with Crippen LogP contribution in [0, 0.1) is 11.8 Å². The lowest BCUT2D eigenvalue weighted by molar-refractivity contribution is -0.122. The molecule has 0 spiro atoms. The van der Waals surface area contributed by atoms with E-state index < -0.39 is 17.1 Å². The van der Waals surface area contributed by atoms with Crippen LogP contribution in [0.5, 0.6) is 0 Å². The number of amides is 2. The van der Waals surface area contributed by atoms with Gasteiger partial charge < -0.3 is 4.74 Å². The maximum atomic E-state index is 13.2. The van der Waals surface area contributed by atoms with Gasteiger partial charge in [0.25, 0.3) is 0 Å². The number of fused-ring (bicyclic) bond motifs is 1. The van der Waals surface area contributed by atoms with Crippen molar-refractivity contribution in [3.63, 3.8) is 0 Å². The number of ether oxygens (including phenoxy) is 1. The van der Waals surface area contributed by atoms with Crippen LogP contribution in [-0.4, -0.2) is 17.6 Å². The highest BCUT2D eigenvalue weighted by Crippen LogP contribution is 2.44. The molecule has 0 aliphatic carbocycles. The SMILES string of the molecule is CC(C)(C)OC(=O)N1C(=O)[C@@](C)(CC#Cc2ccc(Cl)cc2)c2ccccc21. The molecule has 0 radical (unpaired) electrons. The third-order valence-electron chi connectivity index (χ3n) is 4.51. The lowest BCUT2D eigenvalue weighted by atomic mass is 9.81. The Morgan fingerprint density at radius 2 is 1.79 bits per heavy atom. The predicted octanol–water partition coefficient (Wildman–Crippen LogP) is 5.32. The molecule has 1 heterocycles. The number of para-hydroxylation sites is 1. The number of carbonyl (C=O) groups is 2. The number of anilines is 1. The highest BCUT2D eigenvalue weighted by molar-refractivity contribution is 6.30. The summed E-state index contributed by atoms with van der Waals surface area (Å²) in [6.07, 6.45) is -0.385. The van der Waals surface area contributed by atoms with Crippen molar-refractivity contribution in [3.8, 4) is 11.8 Å². The van der Waals surface area contributed by atoms with Gasteiger partial charge in [-0.15, -0.1) is 0 Å². The van der Waals surface area contributed by atoms with Crippen LogP contribution in [0.4, 0.5) is 10.5 Å². The number of rotatable bonds is 1. The van der Waals surface area contributed by atoms with Gasteiger partial charge in [0, 0.05) is 17.0 Å². The van der Waals surface area contributed by atoms with E-state index in [-0.39, 0.29) is 12.3 Å². The zero-order valence-corrected chi connectivity index (χ0v) is 17.1. The van der Waals surface area contributed by atoms with Crippen LogP contribution in [0.15, 0.2) is 48.5 Å². The second-order valence-corrected chi connectivity index (χ2v) is 8.39. The molecule has 2 aromatic rings. The van der Waals surface area contributed by atoms with Gasteiger partial charge in [-0.2, -0.15) is 0 Å². The number of halogens is 1. The fraction of sp³-hybridized carbons (Fsp3) is 0.304. The summed E-state index contributed by atoms with van der Waals surface area (Å²) in [6, 6.07) is 14.5. The quantitative estimate of drug-likeness (QED) is 0.614. The highest BCUT2D eigenvalue weighted by Gasteiger charge is 2.50. The lowest BCUT2D eigenvalue weighted by Crippen LogP contribution is -2.44. The monoisotopic (exact) mass is 395 g/mol. The first-order valence-electron chi connectivity index (χ1n) is 9.03. The van der Waals surface area contributed by atoms with Crippen molar-refractivity contribution >= 4 is 29.3 Å². The molecule has 1 aliphatic heterocycles. The van der Waals surface area contributed by atoms with Crippen LogP contribution in [0.25, 0.3) is 0 Å². The molecule has 1 atom stereocenters. The van der Waals surface area contributed by atoms with E-state index >= 15 is 0 Å². The van der Waals surface area contributed by atoms with Crippen molar-refractivity contribution in [2.24, 2.45) is 0 Å². The van der Waals surface area contributed by atoms with Crippen LogP contribution in [0.1, 0.15) is 45.2 Å². The minimum absolute atomic E-state index is 0.283. The Balaban J connectivity index is 1.92. The topological polar surface area (TPSA) is 46.6 Å². The van der Waals surface area contributed by atoms with Gasteiger partial charge in [-0.3, -0.25) is 4.79 Å². The van der Waals surface area contributed by atoms with Crippen LogP contribution >= 0.6 is 11.6 Å². The summed E-state index contributed by atoms with van der Waals surface area (Å²) >= 11 is 5.90. The van der Waals surface area contributed by atoms with E-state index in [9.17, 15) is 9.59 Å². The number of hydrogen-bond donors (Lipinski definition) is 0. The normalized spacial score (nSPS) is 18.3. The van der Waals surface area contributed by atoms with Gasteiger partial charge in [0.2, 0.25) is 5.91 Å². The van der Waals surface area contributed by atoms with Crippen LogP contribution < -0.4 is 4.90 Å². The Bertz CT molecular complexity index is 979. The molecule has 0 N–H and O–H groups in total. The molecule has 0 aromatic heterocycles. The molecule has 28 heavy (non-hydrogen) atoms. The second kappa shape index (κ2) is 7.33. The lowest BCUT2D eigenvalue weighted by Gasteiger charge is -2.25. The molecule has 0 bridgehead atoms. The standard InChI is InChI=1S/C23H22ClNO3/c1-22(2,3)28-21(27)25-19-10-6-5-9-18(19)23(4,20(25)26)15-7-8-16-11-13-17(24)14-12-16/h5-6,9-14H,15H2,1-4H3/t23-/m0/s1. The van der Waals surface area contributed by atoms with Crippen molar-refractivity contribution in [2.75, 3.05) is 4.90 Å². The first-order chi connectivity index (χ1) is 13.1. The zero-order chi connectivity index (χ0) is 20.5. The van der Waals surface area contributed by atoms with Gasteiger partial charge in [0.15, 0.2) is 0 Å². The highest BCUT2D eigenvalue weighted by atomic mass is 35.5. The first kappa shape index (κ1) is 20.0. The summed E-state index contributed by atoms with van der Waals surface area (Å²) in [4.78, 5) is 27.1. The van der Waals surface area contributed by atoms with Crippen molar-refractivity contribution in [1.29, 1.82) is 0 Å². The number of nitrogens with zero attached hydrogens (tertiary/aromatic N) is 1. The summed E-state index contributed by atoms with van der Waals surface area (Å²) in [5, 5.41) is 0.644. The van der Waals surface area contributed by atoms with E-state index in [0.717, 1.165) is 16.0 Å². The largest absolute Gasteiger partial charge is 0.443 e. The molecule has 0 saturated heterocycles. The van der Waals surface area contributed by atoms with Crippen molar-refractivity contribution in [3.05, 3.63) is 64.7 Å². The number of hydrogen-bond acceptors (Lipinski definition) is 3. The Morgan fingerprint density at radius 3 is 2.43 bits per heavy atom. The van der Waals surface area contributed by atoms with Gasteiger partial charge in [0.1, 0.15) is 5.60 Å². The Morgan fingerprint density at radius 1 is 1.14 bits per heavy atom. The van der Waals surface area contributed by atoms with E-state index in [4.69, 9.17) is 16.3 Å². The summed E-state index contributed by atoms with van der Waals surface area (Å²) in [5.41, 5.74) is 0.525. The molecule has 3 rings (SSSR count). The van der Waals surface area contributed by atoms with Gasteiger partial charge in [0.05, 0.1) is 11.1 Å². The summed E-state index contributed by atoms with van der Waals surface area (Å²) in [7, 11) is 0. The summed E-state index contributed by atoms with van der Waals surface area (Å²) in [6.45, 7) is 7.13. The van der Waals surface area contributed by atoms with Crippen LogP contribution in [0.3, 0.4) is 0 Å². The molecule has 2 aromatic carbocycles. The predicted molar refractivity (Wildman–Crippen MR) is 110 cm³/mol. The molecule has 0 saturated carbocycles. The third-order valence-corrected chi connectivity index (χ3v) is 4.76. The Kier molecular flexibility index (Phi) is 5.23. The maximum absolute atomic E-state index is 13.2. The van der Waals surface area contributed by atoms with Gasteiger partial charge in [-0.05, 0) is 63.6 Å². The average Bonchev–Trinajstić information content (AvgIpc) is 2.84. The molecular weight excluding hydrogens is 374 g/mol. The first-order valence-corrected chi connectivity index (χ1v) is 9.41. The van der Waals surface area contributed by atoms with Gasteiger partial charge >= 0.3 is 6.09 Å². The third kappa shape index (κ3) is 3.90. The maximum Gasteiger partial charge on any atom is 0.421 e. The number of benzene rings is 2. The molecule has 144 valence electrons. The van der Waals surface area contributed by atoms with Crippen molar-refractivity contribution in [2.45, 2.75) is 45.1 Å². The van der Waals surface area contributed by atoms with E-state index in [0.29, 0.717) is 10.7 Å². The summed E-state index contributed by atoms with van der Waals surface area (Å²) < 4.78 is 5.44. The van der Waals surface area contributed by atoms with E-state index in [1.54, 1.807) is 45.0 Å². The zero-order valence-electron chi connectivity index (χ0n) is 16.4. The molecular formula is C23H22ClNO3. The van der Waals surface area contributed by atoms with Crippen molar-refractivity contribution in [1.82, 2.24) is 0 Å². The van der Waals surface area contributed by atoms with Gasteiger partial charge in [-0.25, -0.2) is 9.69 Å². The molecule has 4 nitrogen and oxygen atoms in total. The molecule has 0 fully saturated rings. The molecule has 1 aliphatic rings. The Hall–Kier alpha value is -2.77. The average molecular weight is 396 g/mol. The van der Waals surface area contributed by atoms with Crippen molar-refractivity contribution < 1.29 is 14.3 Å². The Labute approximate surface area is 170 Å². The second-order valence-electron chi connectivity index (χ2n) is 7.96. The van der Waals surface area contributed by atoms with E-state index in [1.807, 2.05) is 31.2 Å². The smallest absolute Gasteiger partial charge is 0.421 e. The van der Waals surface area contributed by atoms with Crippen LogP contribution in [0.2, 0.25) is 5.02 Å². The molecule has 2 amide bonds. The van der Waals surface area contributed by atoms with Crippen LogP contribution in [-0.2, 0) is 14.9 Å². The van der Waals surface area contributed by atoms with E-state index in [1.165, 1.54) is 0 Å². The molecule has 0 unspecified atom stereocenters.